The molecule has 0 bridgehead atoms. The van der Waals surface area contributed by atoms with Gasteiger partial charge in [-0.25, -0.2) is 4.98 Å². The fourth-order valence-electron chi connectivity index (χ4n) is 5.27. The molecule has 6 nitrogen and oxygen atoms in total. The maximum Gasteiger partial charge on any atom is 0.250 e. The Hall–Kier alpha value is -2.25. The molecule has 140 valence electrons. The Labute approximate surface area is 162 Å². The standard InChI is InChI=1S/C20H22N4O2S/c1-23(10-13-11-27-12-21-13)18(25)16-9-14-5-4-8-24(14)20(16)15-6-2-3-7-17(15)22-19(20)26/h2-3,6-7,11-12,14,16H,4-5,8-10H2,1H3,(H,22,26)/t14-,16-,20+/m1/s1. The fourth-order valence-corrected chi connectivity index (χ4v) is 5.82. The summed E-state index contributed by atoms with van der Waals surface area (Å²) in [5, 5.41) is 5.01. The van der Waals surface area contributed by atoms with Crippen LogP contribution in [0.25, 0.3) is 0 Å². The van der Waals surface area contributed by atoms with Crippen LogP contribution in [0.4, 0.5) is 5.69 Å². The van der Waals surface area contributed by atoms with Crippen LogP contribution < -0.4 is 5.32 Å². The molecule has 1 aromatic carbocycles. The van der Waals surface area contributed by atoms with Crippen molar-refractivity contribution in [3.63, 3.8) is 0 Å². The summed E-state index contributed by atoms with van der Waals surface area (Å²) in [6, 6.07) is 8.13. The summed E-state index contributed by atoms with van der Waals surface area (Å²) >= 11 is 1.53. The highest BCUT2D eigenvalue weighted by atomic mass is 32.1. The molecule has 2 amide bonds. The van der Waals surface area contributed by atoms with Crippen LogP contribution in [0.15, 0.2) is 35.2 Å². The van der Waals surface area contributed by atoms with Crippen molar-refractivity contribution >= 4 is 28.8 Å². The monoisotopic (exact) mass is 382 g/mol. The first kappa shape index (κ1) is 16.9. The topological polar surface area (TPSA) is 65.5 Å². The molecule has 1 spiro atoms. The van der Waals surface area contributed by atoms with Crippen LogP contribution in [0.1, 0.15) is 30.5 Å². The second-order valence-electron chi connectivity index (χ2n) is 7.72. The highest BCUT2D eigenvalue weighted by Crippen LogP contribution is 2.55. The molecular formula is C20H22N4O2S. The number of para-hydroxylation sites is 1. The van der Waals surface area contributed by atoms with Crippen molar-refractivity contribution in [3.8, 4) is 0 Å². The molecule has 0 aliphatic carbocycles. The molecule has 0 radical (unpaired) electrons. The predicted molar refractivity (Wildman–Crippen MR) is 103 cm³/mol. The van der Waals surface area contributed by atoms with E-state index in [1.54, 1.807) is 10.4 Å². The number of nitrogens with one attached hydrogen (secondary N) is 1. The van der Waals surface area contributed by atoms with E-state index in [4.69, 9.17) is 0 Å². The lowest BCUT2D eigenvalue weighted by atomic mass is 9.78. The van der Waals surface area contributed by atoms with Crippen LogP contribution in [0.5, 0.6) is 0 Å². The molecule has 2 saturated heterocycles. The fraction of sp³-hybridized carbons (Fsp3) is 0.450. The number of thiazole rings is 1. The first-order valence-corrected chi connectivity index (χ1v) is 10.4. The van der Waals surface area contributed by atoms with Gasteiger partial charge in [0.05, 0.1) is 23.7 Å². The molecule has 7 heteroatoms. The van der Waals surface area contributed by atoms with Gasteiger partial charge in [-0.15, -0.1) is 11.3 Å². The van der Waals surface area contributed by atoms with Crippen LogP contribution in [-0.4, -0.2) is 46.2 Å². The van der Waals surface area contributed by atoms with Gasteiger partial charge in [0, 0.05) is 29.7 Å². The molecule has 0 saturated carbocycles. The minimum absolute atomic E-state index is 0.0317. The van der Waals surface area contributed by atoms with Crippen LogP contribution >= 0.6 is 11.3 Å². The molecule has 5 rings (SSSR count). The van der Waals surface area contributed by atoms with Crippen LogP contribution in [-0.2, 0) is 21.7 Å². The van der Waals surface area contributed by atoms with Gasteiger partial charge in [0.1, 0.15) is 5.54 Å². The van der Waals surface area contributed by atoms with Gasteiger partial charge in [0.15, 0.2) is 0 Å². The summed E-state index contributed by atoms with van der Waals surface area (Å²) in [7, 11) is 1.82. The van der Waals surface area contributed by atoms with E-state index in [0.29, 0.717) is 12.6 Å². The van der Waals surface area contributed by atoms with Crippen molar-refractivity contribution in [2.24, 2.45) is 5.92 Å². The highest BCUT2D eigenvalue weighted by molar-refractivity contribution is 7.07. The SMILES string of the molecule is CN(Cc1cscn1)C(=O)[C@H]1C[C@H]2CCCN2[C@]12C(=O)Nc1ccccc12. The van der Waals surface area contributed by atoms with Gasteiger partial charge in [-0.05, 0) is 31.9 Å². The molecule has 27 heavy (non-hydrogen) atoms. The average molecular weight is 382 g/mol. The van der Waals surface area contributed by atoms with Gasteiger partial charge >= 0.3 is 0 Å². The Balaban J connectivity index is 1.55. The third-order valence-corrected chi connectivity index (χ3v) is 6.97. The quantitative estimate of drug-likeness (QED) is 0.886. The number of nitrogens with zero attached hydrogens (tertiary/aromatic N) is 3. The first-order chi connectivity index (χ1) is 13.1. The minimum Gasteiger partial charge on any atom is -0.339 e. The minimum atomic E-state index is -0.870. The zero-order valence-electron chi connectivity index (χ0n) is 15.2. The van der Waals surface area contributed by atoms with E-state index in [-0.39, 0.29) is 17.7 Å². The molecule has 0 unspecified atom stereocenters. The van der Waals surface area contributed by atoms with Gasteiger partial charge in [0.25, 0.3) is 0 Å². The zero-order valence-corrected chi connectivity index (χ0v) is 16.0. The summed E-state index contributed by atoms with van der Waals surface area (Å²) in [5.41, 5.74) is 3.60. The first-order valence-electron chi connectivity index (χ1n) is 9.42. The molecule has 3 aliphatic rings. The van der Waals surface area contributed by atoms with Crippen molar-refractivity contribution in [3.05, 3.63) is 46.4 Å². The molecule has 1 aromatic heterocycles. The number of hydrogen-bond donors (Lipinski definition) is 1. The molecular weight excluding hydrogens is 360 g/mol. The number of rotatable bonds is 3. The van der Waals surface area contributed by atoms with E-state index in [1.807, 2.05) is 36.7 Å². The van der Waals surface area contributed by atoms with Gasteiger partial charge in [0.2, 0.25) is 11.8 Å². The predicted octanol–water partition coefficient (Wildman–Crippen LogP) is 2.43. The van der Waals surface area contributed by atoms with E-state index in [2.05, 4.69) is 15.2 Å². The van der Waals surface area contributed by atoms with Crippen molar-refractivity contribution in [2.75, 3.05) is 18.9 Å². The molecule has 3 atom stereocenters. The van der Waals surface area contributed by atoms with Crippen molar-refractivity contribution < 1.29 is 9.59 Å². The Kier molecular flexibility index (Phi) is 3.84. The number of aromatic nitrogens is 1. The lowest BCUT2D eigenvalue weighted by molar-refractivity contribution is -0.143. The number of carbonyl (C=O) groups excluding carboxylic acids is 2. The maximum absolute atomic E-state index is 13.5. The Morgan fingerprint density at radius 2 is 2.30 bits per heavy atom. The van der Waals surface area contributed by atoms with Crippen molar-refractivity contribution in [1.82, 2.24) is 14.8 Å². The lowest BCUT2D eigenvalue weighted by Crippen LogP contribution is -2.54. The third kappa shape index (κ3) is 2.31. The number of benzene rings is 1. The number of hydrogen-bond acceptors (Lipinski definition) is 5. The third-order valence-electron chi connectivity index (χ3n) is 6.33. The van der Waals surface area contributed by atoms with Gasteiger partial charge < -0.3 is 10.2 Å². The van der Waals surface area contributed by atoms with Crippen LogP contribution in [0.3, 0.4) is 0 Å². The van der Waals surface area contributed by atoms with E-state index in [9.17, 15) is 9.59 Å². The molecule has 1 N–H and O–H groups in total. The average Bonchev–Trinajstić information content (AvgIpc) is 3.41. The zero-order chi connectivity index (χ0) is 18.6. The normalized spacial score (nSPS) is 29.0. The number of fused-ring (bicyclic) bond motifs is 4. The maximum atomic E-state index is 13.5. The van der Waals surface area contributed by atoms with E-state index in [0.717, 1.165) is 42.8 Å². The molecule has 2 aromatic rings. The number of carbonyl (C=O) groups is 2. The van der Waals surface area contributed by atoms with Gasteiger partial charge in [-0.2, -0.15) is 0 Å². The summed E-state index contributed by atoms with van der Waals surface area (Å²) in [6.45, 7) is 1.34. The summed E-state index contributed by atoms with van der Waals surface area (Å²) in [5.74, 6) is -0.382. The van der Waals surface area contributed by atoms with Crippen LogP contribution in [0.2, 0.25) is 0 Å². The molecule has 3 aliphatic heterocycles. The second kappa shape index (κ2) is 6.14. The van der Waals surface area contributed by atoms with Gasteiger partial charge in [-0.1, -0.05) is 18.2 Å². The van der Waals surface area contributed by atoms with E-state index in [1.165, 1.54) is 11.3 Å². The van der Waals surface area contributed by atoms with Crippen LogP contribution in [0, 0.1) is 5.92 Å². The Morgan fingerprint density at radius 1 is 1.44 bits per heavy atom. The summed E-state index contributed by atoms with van der Waals surface area (Å²) < 4.78 is 0. The summed E-state index contributed by atoms with van der Waals surface area (Å²) in [4.78, 5) is 35.2. The van der Waals surface area contributed by atoms with E-state index >= 15 is 0 Å². The van der Waals surface area contributed by atoms with Crippen molar-refractivity contribution in [1.29, 1.82) is 0 Å². The Bertz CT molecular complexity index is 899. The Morgan fingerprint density at radius 3 is 3.11 bits per heavy atom. The summed E-state index contributed by atoms with van der Waals surface area (Å²) in [6.07, 6.45) is 2.87. The smallest absolute Gasteiger partial charge is 0.250 e. The highest BCUT2D eigenvalue weighted by Gasteiger charge is 2.65. The molecule has 2 fully saturated rings. The number of amides is 2. The number of anilines is 1. The second-order valence-corrected chi connectivity index (χ2v) is 8.44. The van der Waals surface area contributed by atoms with Crippen molar-refractivity contribution in [2.45, 2.75) is 37.4 Å². The van der Waals surface area contributed by atoms with Gasteiger partial charge in [-0.3, -0.25) is 14.5 Å². The lowest BCUT2D eigenvalue weighted by Gasteiger charge is -2.37. The largest absolute Gasteiger partial charge is 0.339 e. The molecule has 4 heterocycles. The van der Waals surface area contributed by atoms with E-state index < -0.39 is 5.54 Å².